The summed E-state index contributed by atoms with van der Waals surface area (Å²) in [5.74, 6) is 0.796. The van der Waals surface area contributed by atoms with Crippen LogP contribution in [0, 0.1) is 5.92 Å². The standard InChI is InChI=1S/C17H32N2O/c1-17(2,3)19-10-7-13(8-11-19)18-15-5-4-6-16-14(15)9-12-20-16/h13-16,18H,4-12H2,1-3H3/t14-,15+,16+/m0/s1. The summed E-state index contributed by atoms with van der Waals surface area (Å²) in [6.45, 7) is 10.5. The van der Waals surface area contributed by atoms with Gasteiger partial charge in [-0.2, -0.15) is 0 Å². The van der Waals surface area contributed by atoms with Crippen LogP contribution in [-0.2, 0) is 4.74 Å². The monoisotopic (exact) mass is 280 g/mol. The van der Waals surface area contributed by atoms with Crippen LogP contribution in [0.3, 0.4) is 0 Å². The Labute approximate surface area is 124 Å². The molecule has 2 heterocycles. The molecule has 3 nitrogen and oxygen atoms in total. The van der Waals surface area contributed by atoms with Crippen LogP contribution in [0.2, 0.25) is 0 Å². The van der Waals surface area contributed by atoms with E-state index in [1.54, 1.807) is 0 Å². The number of hydrogen-bond donors (Lipinski definition) is 1. The lowest BCUT2D eigenvalue weighted by Crippen LogP contribution is -2.53. The van der Waals surface area contributed by atoms with E-state index in [4.69, 9.17) is 4.74 Å². The first-order chi connectivity index (χ1) is 9.54. The molecule has 0 bridgehead atoms. The van der Waals surface area contributed by atoms with Crippen LogP contribution in [0.5, 0.6) is 0 Å². The fourth-order valence-corrected chi connectivity index (χ4v) is 4.40. The van der Waals surface area contributed by atoms with Gasteiger partial charge in [-0.05, 0) is 59.3 Å². The van der Waals surface area contributed by atoms with Crippen molar-refractivity contribution < 1.29 is 4.74 Å². The van der Waals surface area contributed by atoms with Crippen LogP contribution in [-0.4, -0.2) is 48.3 Å². The largest absolute Gasteiger partial charge is 0.378 e. The summed E-state index contributed by atoms with van der Waals surface area (Å²) in [7, 11) is 0. The van der Waals surface area contributed by atoms with E-state index in [0.29, 0.717) is 11.6 Å². The number of hydrogen-bond acceptors (Lipinski definition) is 3. The van der Waals surface area contributed by atoms with E-state index in [2.05, 4.69) is 31.0 Å². The van der Waals surface area contributed by atoms with E-state index in [1.807, 2.05) is 0 Å². The lowest BCUT2D eigenvalue weighted by molar-refractivity contribution is 0.0447. The van der Waals surface area contributed by atoms with Crippen LogP contribution in [0.1, 0.15) is 59.3 Å². The van der Waals surface area contributed by atoms with E-state index in [1.165, 1.54) is 51.6 Å². The Bertz CT molecular complexity index is 317. The molecule has 3 atom stereocenters. The second-order valence-electron chi connectivity index (χ2n) is 8.00. The fourth-order valence-electron chi connectivity index (χ4n) is 4.40. The van der Waals surface area contributed by atoms with Gasteiger partial charge in [-0.1, -0.05) is 0 Å². The Morgan fingerprint density at radius 1 is 1.00 bits per heavy atom. The molecule has 1 saturated carbocycles. The van der Waals surface area contributed by atoms with Gasteiger partial charge >= 0.3 is 0 Å². The summed E-state index contributed by atoms with van der Waals surface area (Å²) in [6, 6.07) is 1.46. The highest BCUT2D eigenvalue weighted by Gasteiger charge is 2.38. The smallest absolute Gasteiger partial charge is 0.0619 e. The van der Waals surface area contributed by atoms with Crippen molar-refractivity contribution in [3.8, 4) is 0 Å². The minimum absolute atomic E-state index is 0.334. The molecule has 0 spiro atoms. The van der Waals surface area contributed by atoms with Gasteiger partial charge in [-0.15, -0.1) is 0 Å². The zero-order valence-electron chi connectivity index (χ0n) is 13.5. The second-order valence-corrected chi connectivity index (χ2v) is 8.00. The molecular formula is C17H32N2O. The van der Waals surface area contributed by atoms with E-state index in [9.17, 15) is 0 Å². The van der Waals surface area contributed by atoms with Crippen molar-refractivity contribution in [2.75, 3.05) is 19.7 Å². The number of likely N-dealkylation sites (tertiary alicyclic amines) is 1. The third kappa shape index (κ3) is 3.20. The molecule has 1 aliphatic carbocycles. The molecule has 0 radical (unpaired) electrons. The minimum Gasteiger partial charge on any atom is -0.378 e. The molecular weight excluding hydrogens is 248 g/mol. The fraction of sp³-hybridized carbons (Fsp3) is 1.00. The van der Waals surface area contributed by atoms with Gasteiger partial charge in [0.15, 0.2) is 0 Å². The summed E-state index contributed by atoms with van der Waals surface area (Å²) >= 11 is 0. The molecule has 0 aromatic heterocycles. The number of fused-ring (bicyclic) bond motifs is 1. The molecule has 2 saturated heterocycles. The van der Waals surface area contributed by atoms with Crippen molar-refractivity contribution >= 4 is 0 Å². The molecule has 116 valence electrons. The van der Waals surface area contributed by atoms with Crippen LogP contribution in [0.25, 0.3) is 0 Å². The third-order valence-electron chi connectivity index (χ3n) is 5.67. The van der Waals surface area contributed by atoms with Gasteiger partial charge in [0.1, 0.15) is 0 Å². The Balaban J connectivity index is 1.49. The first-order valence-corrected chi connectivity index (χ1v) is 8.67. The van der Waals surface area contributed by atoms with Gasteiger partial charge in [0.25, 0.3) is 0 Å². The maximum Gasteiger partial charge on any atom is 0.0619 e. The molecule has 0 aromatic carbocycles. The minimum atomic E-state index is 0.334. The third-order valence-corrected chi connectivity index (χ3v) is 5.67. The quantitative estimate of drug-likeness (QED) is 0.842. The predicted molar refractivity (Wildman–Crippen MR) is 83.0 cm³/mol. The molecule has 20 heavy (non-hydrogen) atoms. The summed E-state index contributed by atoms with van der Waals surface area (Å²) in [5, 5.41) is 3.99. The Hall–Kier alpha value is -0.120. The van der Waals surface area contributed by atoms with E-state index in [0.717, 1.165) is 24.6 Å². The Morgan fingerprint density at radius 3 is 2.45 bits per heavy atom. The Kier molecular flexibility index (Phi) is 4.40. The van der Waals surface area contributed by atoms with Gasteiger partial charge in [0, 0.05) is 43.2 Å². The number of nitrogens with one attached hydrogen (secondary N) is 1. The molecule has 0 unspecified atom stereocenters. The van der Waals surface area contributed by atoms with E-state index >= 15 is 0 Å². The number of ether oxygens (including phenoxy) is 1. The maximum absolute atomic E-state index is 5.89. The first kappa shape index (κ1) is 14.8. The molecule has 0 amide bonds. The predicted octanol–water partition coefficient (Wildman–Crippen LogP) is 2.80. The highest BCUT2D eigenvalue weighted by atomic mass is 16.5. The van der Waals surface area contributed by atoms with Crippen LogP contribution in [0.15, 0.2) is 0 Å². The van der Waals surface area contributed by atoms with Crippen LogP contribution >= 0.6 is 0 Å². The first-order valence-electron chi connectivity index (χ1n) is 8.67. The summed E-state index contributed by atoms with van der Waals surface area (Å²) in [6.07, 6.45) is 8.48. The zero-order valence-corrected chi connectivity index (χ0v) is 13.5. The molecule has 3 rings (SSSR count). The SMILES string of the molecule is CC(C)(C)N1CCC(N[C@@H]2CCC[C@H]3OCC[C@@H]23)CC1. The Morgan fingerprint density at radius 2 is 1.75 bits per heavy atom. The number of rotatable bonds is 2. The molecule has 3 heteroatoms. The van der Waals surface area contributed by atoms with Crippen molar-refractivity contribution in [1.82, 2.24) is 10.2 Å². The molecule has 3 aliphatic rings. The summed E-state index contributed by atoms with van der Waals surface area (Å²) in [4.78, 5) is 2.63. The van der Waals surface area contributed by atoms with Crippen molar-refractivity contribution in [1.29, 1.82) is 0 Å². The lowest BCUT2D eigenvalue weighted by atomic mass is 9.81. The summed E-state index contributed by atoms with van der Waals surface area (Å²) < 4.78 is 5.89. The zero-order chi connectivity index (χ0) is 14.2. The van der Waals surface area contributed by atoms with Gasteiger partial charge in [0.05, 0.1) is 6.10 Å². The van der Waals surface area contributed by atoms with Crippen molar-refractivity contribution in [3.05, 3.63) is 0 Å². The van der Waals surface area contributed by atoms with Crippen LogP contribution < -0.4 is 5.32 Å². The number of nitrogens with zero attached hydrogens (tertiary/aromatic N) is 1. The van der Waals surface area contributed by atoms with Gasteiger partial charge in [-0.3, -0.25) is 4.90 Å². The van der Waals surface area contributed by atoms with Gasteiger partial charge in [0.2, 0.25) is 0 Å². The summed E-state index contributed by atoms with van der Waals surface area (Å²) in [5.41, 5.74) is 0.334. The number of piperidine rings is 1. The molecule has 3 fully saturated rings. The highest BCUT2D eigenvalue weighted by molar-refractivity contribution is 4.93. The van der Waals surface area contributed by atoms with Crippen molar-refractivity contribution in [3.63, 3.8) is 0 Å². The highest BCUT2D eigenvalue weighted by Crippen LogP contribution is 2.35. The average molecular weight is 280 g/mol. The molecule has 2 aliphatic heterocycles. The van der Waals surface area contributed by atoms with Crippen LogP contribution in [0.4, 0.5) is 0 Å². The topological polar surface area (TPSA) is 24.5 Å². The van der Waals surface area contributed by atoms with Gasteiger partial charge in [-0.25, -0.2) is 0 Å². The van der Waals surface area contributed by atoms with E-state index < -0.39 is 0 Å². The maximum atomic E-state index is 5.89. The lowest BCUT2D eigenvalue weighted by Gasteiger charge is -2.43. The van der Waals surface area contributed by atoms with Crippen molar-refractivity contribution in [2.24, 2.45) is 5.92 Å². The molecule has 0 aromatic rings. The molecule has 1 N–H and O–H groups in total. The van der Waals surface area contributed by atoms with E-state index in [-0.39, 0.29) is 0 Å². The average Bonchev–Trinajstić information content (AvgIpc) is 2.88. The second kappa shape index (κ2) is 5.94. The van der Waals surface area contributed by atoms with Crippen molar-refractivity contribution in [2.45, 2.75) is 83.0 Å². The normalized spacial score (nSPS) is 37.0. The van der Waals surface area contributed by atoms with Gasteiger partial charge < -0.3 is 10.1 Å².